The molecule has 2 rings (SSSR count). The highest BCUT2D eigenvalue weighted by atomic mass is 32.2. The van der Waals surface area contributed by atoms with E-state index < -0.39 is 21.5 Å². The van der Waals surface area contributed by atoms with Crippen molar-refractivity contribution >= 4 is 33.0 Å². The van der Waals surface area contributed by atoms with Gasteiger partial charge in [-0.3, -0.25) is 4.79 Å². The molecule has 0 atom stereocenters. The first-order valence-corrected chi connectivity index (χ1v) is 7.30. The molecule has 0 bridgehead atoms. The average molecular weight is 333 g/mol. The lowest BCUT2D eigenvalue weighted by Crippen LogP contribution is -2.29. The summed E-state index contributed by atoms with van der Waals surface area (Å²) in [6.07, 6.45) is 2.00. The van der Waals surface area contributed by atoms with Crippen LogP contribution in [0.25, 0.3) is 17.0 Å². The van der Waals surface area contributed by atoms with Gasteiger partial charge in [0.05, 0.1) is 0 Å². The first-order valence-electron chi connectivity index (χ1n) is 5.86. The van der Waals surface area contributed by atoms with E-state index in [1.807, 2.05) is 0 Å². The highest BCUT2D eigenvalue weighted by Gasteiger charge is 2.48. The monoisotopic (exact) mass is 333 g/mol. The molecule has 0 aliphatic heterocycles. The number of aromatic nitrogens is 1. The Morgan fingerprint density at radius 1 is 1.32 bits per heavy atom. The van der Waals surface area contributed by atoms with Crippen LogP contribution in [-0.2, 0) is 14.8 Å². The number of ether oxygens (including phenoxy) is 1. The predicted molar refractivity (Wildman–Crippen MR) is 73.7 cm³/mol. The van der Waals surface area contributed by atoms with E-state index in [4.69, 9.17) is 4.74 Å². The second-order valence-electron chi connectivity index (χ2n) is 4.28. The lowest BCUT2D eigenvalue weighted by atomic mass is 10.1. The van der Waals surface area contributed by atoms with Crippen LogP contribution in [0.15, 0.2) is 31.0 Å². The summed E-state index contributed by atoms with van der Waals surface area (Å²) in [4.78, 5) is 11.2. The molecule has 0 spiro atoms. The Labute approximate surface area is 123 Å². The number of fused-ring (bicyclic) bond motifs is 1. The van der Waals surface area contributed by atoms with Crippen molar-refractivity contribution in [2.45, 2.75) is 12.4 Å². The standard InChI is InChI=1S/C13H10F3NO4S/c1-3-9-4-5-10-6-7-17(22(19,20)13(14,15)16)11(10)12(9)21-8(2)18/h3-7H,1H2,2H3. The zero-order valence-electron chi connectivity index (χ0n) is 11.2. The first-order chi connectivity index (χ1) is 10.1. The molecule has 0 N–H and O–H groups in total. The fraction of sp³-hybridized carbons (Fsp3) is 0.154. The molecule has 0 saturated heterocycles. The Morgan fingerprint density at radius 2 is 1.95 bits per heavy atom. The minimum Gasteiger partial charge on any atom is -0.424 e. The van der Waals surface area contributed by atoms with Crippen molar-refractivity contribution < 1.29 is 31.1 Å². The zero-order valence-corrected chi connectivity index (χ0v) is 12.0. The van der Waals surface area contributed by atoms with Gasteiger partial charge in [-0.1, -0.05) is 24.8 Å². The van der Waals surface area contributed by atoms with E-state index in [1.165, 1.54) is 24.3 Å². The van der Waals surface area contributed by atoms with Crippen molar-refractivity contribution in [3.05, 3.63) is 36.5 Å². The molecule has 118 valence electrons. The highest BCUT2D eigenvalue weighted by Crippen LogP contribution is 2.36. The van der Waals surface area contributed by atoms with Crippen molar-refractivity contribution in [3.63, 3.8) is 0 Å². The summed E-state index contributed by atoms with van der Waals surface area (Å²) in [7, 11) is -5.65. The van der Waals surface area contributed by atoms with Crippen LogP contribution >= 0.6 is 0 Å². The fourth-order valence-electron chi connectivity index (χ4n) is 1.91. The lowest BCUT2D eigenvalue weighted by Gasteiger charge is -2.13. The van der Waals surface area contributed by atoms with Gasteiger partial charge in [0.2, 0.25) is 0 Å². The maximum Gasteiger partial charge on any atom is 0.517 e. The van der Waals surface area contributed by atoms with Crippen LogP contribution in [0.4, 0.5) is 13.2 Å². The molecular formula is C13H10F3NO4S. The molecule has 0 unspecified atom stereocenters. The second kappa shape index (κ2) is 5.16. The van der Waals surface area contributed by atoms with Crippen molar-refractivity contribution in [2.24, 2.45) is 0 Å². The van der Waals surface area contributed by atoms with E-state index >= 15 is 0 Å². The molecule has 2 aromatic rings. The molecule has 5 nitrogen and oxygen atoms in total. The van der Waals surface area contributed by atoms with Crippen LogP contribution < -0.4 is 4.74 Å². The fourth-order valence-corrected chi connectivity index (χ4v) is 2.78. The number of hydrogen-bond donors (Lipinski definition) is 0. The third kappa shape index (κ3) is 2.47. The number of esters is 1. The summed E-state index contributed by atoms with van der Waals surface area (Å²) >= 11 is 0. The Kier molecular flexibility index (Phi) is 3.78. The summed E-state index contributed by atoms with van der Waals surface area (Å²) in [6, 6.07) is 4.04. The van der Waals surface area contributed by atoms with Crippen molar-refractivity contribution in [1.29, 1.82) is 0 Å². The largest absolute Gasteiger partial charge is 0.517 e. The quantitative estimate of drug-likeness (QED) is 0.640. The average Bonchev–Trinajstić information content (AvgIpc) is 2.82. The van der Waals surface area contributed by atoms with Gasteiger partial charge in [-0.15, -0.1) is 0 Å². The third-order valence-electron chi connectivity index (χ3n) is 2.82. The topological polar surface area (TPSA) is 65.4 Å². The maximum atomic E-state index is 12.8. The molecule has 9 heteroatoms. The molecule has 1 aromatic carbocycles. The van der Waals surface area contributed by atoms with Gasteiger partial charge in [-0.2, -0.15) is 21.6 Å². The molecule has 0 amide bonds. The number of rotatable bonds is 3. The number of hydrogen-bond acceptors (Lipinski definition) is 4. The van der Waals surface area contributed by atoms with Crippen LogP contribution in [0.2, 0.25) is 0 Å². The SMILES string of the molecule is C=Cc1ccc2ccn(S(=O)(=O)C(F)(F)F)c2c1OC(C)=O. The maximum absolute atomic E-state index is 12.8. The number of carbonyl (C=O) groups is 1. The number of nitrogens with zero attached hydrogens (tertiary/aromatic N) is 1. The second-order valence-corrected chi connectivity index (χ2v) is 6.09. The van der Waals surface area contributed by atoms with Crippen LogP contribution in [0.1, 0.15) is 12.5 Å². The van der Waals surface area contributed by atoms with E-state index in [1.54, 1.807) is 0 Å². The van der Waals surface area contributed by atoms with Gasteiger partial charge in [-0.25, -0.2) is 3.97 Å². The molecule has 0 fully saturated rings. The molecule has 1 heterocycles. The lowest BCUT2D eigenvalue weighted by molar-refractivity contribution is -0.131. The summed E-state index contributed by atoms with van der Waals surface area (Å²) in [6.45, 7) is 4.51. The summed E-state index contributed by atoms with van der Waals surface area (Å²) in [5, 5.41) is 0.176. The Bertz CT molecular complexity index is 865. The van der Waals surface area contributed by atoms with E-state index in [9.17, 15) is 26.4 Å². The smallest absolute Gasteiger partial charge is 0.424 e. The highest BCUT2D eigenvalue weighted by molar-refractivity contribution is 7.90. The molecule has 0 radical (unpaired) electrons. The van der Waals surface area contributed by atoms with Gasteiger partial charge in [0, 0.05) is 24.1 Å². The van der Waals surface area contributed by atoms with Gasteiger partial charge in [0.15, 0.2) is 5.75 Å². The molecular weight excluding hydrogens is 323 g/mol. The first kappa shape index (κ1) is 16.1. The third-order valence-corrected chi connectivity index (χ3v) is 4.23. The van der Waals surface area contributed by atoms with Gasteiger partial charge >= 0.3 is 21.5 Å². The Balaban J connectivity index is 2.89. The van der Waals surface area contributed by atoms with E-state index in [0.29, 0.717) is 0 Å². The van der Waals surface area contributed by atoms with E-state index in [-0.39, 0.29) is 26.2 Å². The van der Waals surface area contributed by atoms with Crippen LogP contribution in [-0.4, -0.2) is 23.9 Å². The van der Waals surface area contributed by atoms with Gasteiger partial charge < -0.3 is 4.74 Å². The van der Waals surface area contributed by atoms with Crippen LogP contribution in [0.5, 0.6) is 5.75 Å². The summed E-state index contributed by atoms with van der Waals surface area (Å²) in [5.41, 5.74) is -5.67. The van der Waals surface area contributed by atoms with Crippen molar-refractivity contribution in [3.8, 4) is 5.75 Å². The summed E-state index contributed by atoms with van der Waals surface area (Å²) in [5.74, 6) is -1.09. The molecule has 1 aromatic heterocycles. The van der Waals surface area contributed by atoms with Crippen molar-refractivity contribution in [2.75, 3.05) is 0 Å². The Hall–Kier alpha value is -2.29. The van der Waals surface area contributed by atoms with E-state index in [0.717, 1.165) is 13.1 Å². The zero-order chi connectivity index (χ0) is 16.7. The van der Waals surface area contributed by atoms with Gasteiger partial charge in [0.25, 0.3) is 0 Å². The molecule has 0 aliphatic rings. The number of alkyl halides is 3. The van der Waals surface area contributed by atoms with E-state index in [2.05, 4.69) is 6.58 Å². The normalized spacial score (nSPS) is 12.4. The number of halogens is 3. The van der Waals surface area contributed by atoms with Gasteiger partial charge in [-0.05, 0) is 6.07 Å². The van der Waals surface area contributed by atoms with Crippen LogP contribution in [0.3, 0.4) is 0 Å². The molecule has 22 heavy (non-hydrogen) atoms. The van der Waals surface area contributed by atoms with Crippen LogP contribution in [0, 0.1) is 0 Å². The van der Waals surface area contributed by atoms with Gasteiger partial charge in [0.1, 0.15) is 5.52 Å². The minimum absolute atomic E-state index is 0.0492. The number of carbonyl (C=O) groups excluding carboxylic acids is 1. The Morgan fingerprint density at radius 3 is 2.45 bits per heavy atom. The number of benzene rings is 1. The molecule has 0 aliphatic carbocycles. The molecule has 0 saturated carbocycles. The predicted octanol–water partition coefficient (Wildman–Crippen LogP) is 2.91. The summed E-state index contributed by atoms with van der Waals surface area (Å²) < 4.78 is 66.5. The minimum atomic E-state index is -5.65. The van der Waals surface area contributed by atoms with Crippen molar-refractivity contribution in [1.82, 2.24) is 3.97 Å².